The zero-order valence-corrected chi connectivity index (χ0v) is 11.0. The number of aliphatic hydroxyl groups excluding tert-OH is 1. The quantitative estimate of drug-likeness (QED) is 0.774. The van der Waals surface area contributed by atoms with E-state index in [9.17, 15) is 9.90 Å². The standard InChI is InChI=1S/C15H18O3/c1-15(2,3)11-6-4-10(5-7-11)13-12(16)8-9-18-14(13)17/h4-7,16H,8-9H2,1-3H3. The van der Waals surface area contributed by atoms with Crippen LogP contribution in [0.15, 0.2) is 30.0 Å². The number of hydrogen-bond acceptors (Lipinski definition) is 3. The van der Waals surface area contributed by atoms with Gasteiger partial charge in [-0.2, -0.15) is 0 Å². The van der Waals surface area contributed by atoms with Crippen LogP contribution in [-0.2, 0) is 14.9 Å². The minimum absolute atomic E-state index is 0.0715. The SMILES string of the molecule is CC(C)(C)c1ccc(C2=C(O)CCOC2=O)cc1. The minimum atomic E-state index is -0.442. The van der Waals surface area contributed by atoms with Crippen LogP contribution in [0, 0.1) is 0 Å². The fourth-order valence-electron chi connectivity index (χ4n) is 1.98. The van der Waals surface area contributed by atoms with Crippen LogP contribution in [0.25, 0.3) is 5.57 Å². The highest BCUT2D eigenvalue weighted by molar-refractivity contribution is 6.17. The molecule has 0 amide bonds. The Bertz CT molecular complexity index is 489. The molecule has 1 N–H and O–H groups in total. The predicted molar refractivity (Wildman–Crippen MR) is 70.3 cm³/mol. The van der Waals surface area contributed by atoms with Gasteiger partial charge in [-0.1, -0.05) is 45.0 Å². The fraction of sp³-hybridized carbons (Fsp3) is 0.400. The molecule has 0 fully saturated rings. The summed E-state index contributed by atoms with van der Waals surface area (Å²) >= 11 is 0. The van der Waals surface area contributed by atoms with E-state index < -0.39 is 5.97 Å². The van der Waals surface area contributed by atoms with Gasteiger partial charge >= 0.3 is 5.97 Å². The Morgan fingerprint density at radius 2 is 1.78 bits per heavy atom. The highest BCUT2D eigenvalue weighted by Crippen LogP contribution is 2.28. The molecule has 3 heteroatoms. The van der Waals surface area contributed by atoms with Crippen molar-refractivity contribution in [2.24, 2.45) is 0 Å². The molecule has 18 heavy (non-hydrogen) atoms. The Balaban J connectivity index is 2.38. The molecular weight excluding hydrogens is 228 g/mol. The molecule has 0 aliphatic carbocycles. The Kier molecular flexibility index (Phi) is 3.16. The van der Waals surface area contributed by atoms with Crippen molar-refractivity contribution in [2.45, 2.75) is 32.6 Å². The zero-order chi connectivity index (χ0) is 13.3. The lowest BCUT2D eigenvalue weighted by Gasteiger charge is -2.20. The summed E-state index contributed by atoms with van der Waals surface area (Å²) in [4.78, 5) is 11.6. The maximum atomic E-state index is 11.6. The molecule has 1 heterocycles. The van der Waals surface area contributed by atoms with Gasteiger partial charge in [0, 0.05) is 6.42 Å². The smallest absolute Gasteiger partial charge is 0.342 e. The van der Waals surface area contributed by atoms with Gasteiger partial charge in [0.25, 0.3) is 0 Å². The third kappa shape index (κ3) is 2.40. The van der Waals surface area contributed by atoms with Gasteiger partial charge in [0.2, 0.25) is 0 Å². The number of hydrogen-bond donors (Lipinski definition) is 1. The van der Waals surface area contributed by atoms with Crippen molar-refractivity contribution < 1.29 is 14.6 Å². The maximum absolute atomic E-state index is 11.6. The van der Waals surface area contributed by atoms with Crippen LogP contribution in [0.5, 0.6) is 0 Å². The number of carbonyl (C=O) groups excluding carboxylic acids is 1. The molecule has 0 aromatic heterocycles. The average Bonchev–Trinajstić information content (AvgIpc) is 2.28. The van der Waals surface area contributed by atoms with Crippen LogP contribution in [-0.4, -0.2) is 17.7 Å². The zero-order valence-electron chi connectivity index (χ0n) is 11.0. The van der Waals surface area contributed by atoms with Gasteiger partial charge < -0.3 is 9.84 Å². The number of ether oxygens (including phenoxy) is 1. The number of esters is 1. The van der Waals surface area contributed by atoms with Crippen molar-refractivity contribution >= 4 is 11.5 Å². The van der Waals surface area contributed by atoms with E-state index in [0.717, 1.165) is 0 Å². The Labute approximate surface area is 107 Å². The molecule has 0 atom stereocenters. The second kappa shape index (κ2) is 4.48. The molecule has 2 rings (SSSR count). The third-order valence-corrected chi connectivity index (χ3v) is 3.10. The lowest BCUT2D eigenvalue weighted by Crippen LogP contribution is -2.17. The summed E-state index contributed by atoms with van der Waals surface area (Å²) in [5.74, 6) is -0.322. The molecular formula is C15H18O3. The number of benzene rings is 1. The number of aliphatic hydroxyl groups is 1. The molecule has 1 aromatic carbocycles. The van der Waals surface area contributed by atoms with Crippen molar-refractivity contribution in [2.75, 3.05) is 6.61 Å². The van der Waals surface area contributed by atoms with E-state index in [4.69, 9.17) is 4.74 Å². The molecule has 0 bridgehead atoms. The van der Waals surface area contributed by atoms with Crippen molar-refractivity contribution in [1.29, 1.82) is 0 Å². The van der Waals surface area contributed by atoms with Crippen LogP contribution in [0.2, 0.25) is 0 Å². The summed E-state index contributed by atoms with van der Waals surface area (Å²) in [5.41, 5.74) is 2.27. The van der Waals surface area contributed by atoms with Crippen molar-refractivity contribution in [1.82, 2.24) is 0 Å². The van der Waals surface area contributed by atoms with E-state index in [1.165, 1.54) is 5.56 Å². The molecule has 1 aliphatic heterocycles. The number of carbonyl (C=O) groups is 1. The van der Waals surface area contributed by atoms with Crippen LogP contribution in [0.1, 0.15) is 38.3 Å². The molecule has 96 valence electrons. The highest BCUT2D eigenvalue weighted by Gasteiger charge is 2.24. The number of cyclic esters (lactones) is 1. The summed E-state index contributed by atoms with van der Waals surface area (Å²) in [6.45, 7) is 6.66. The van der Waals surface area contributed by atoms with E-state index in [1.54, 1.807) is 0 Å². The third-order valence-electron chi connectivity index (χ3n) is 3.10. The Morgan fingerprint density at radius 1 is 1.17 bits per heavy atom. The van der Waals surface area contributed by atoms with Gasteiger partial charge in [0.05, 0.1) is 6.61 Å². The first-order valence-corrected chi connectivity index (χ1v) is 6.10. The lowest BCUT2D eigenvalue weighted by molar-refractivity contribution is -0.137. The summed E-state index contributed by atoms with van der Waals surface area (Å²) in [6, 6.07) is 7.69. The van der Waals surface area contributed by atoms with Gasteiger partial charge in [-0.05, 0) is 16.5 Å². The van der Waals surface area contributed by atoms with E-state index in [1.807, 2.05) is 24.3 Å². The van der Waals surface area contributed by atoms with E-state index in [-0.39, 0.29) is 17.8 Å². The van der Waals surface area contributed by atoms with Crippen molar-refractivity contribution in [3.8, 4) is 0 Å². The van der Waals surface area contributed by atoms with Gasteiger partial charge in [-0.25, -0.2) is 4.79 Å². The maximum Gasteiger partial charge on any atom is 0.342 e. The molecule has 0 radical (unpaired) electrons. The highest BCUT2D eigenvalue weighted by atomic mass is 16.5. The summed E-state index contributed by atoms with van der Waals surface area (Å²) in [7, 11) is 0. The largest absolute Gasteiger partial charge is 0.511 e. The van der Waals surface area contributed by atoms with Crippen molar-refractivity contribution in [3.05, 3.63) is 41.2 Å². The molecule has 1 aliphatic rings. The van der Waals surface area contributed by atoms with E-state index in [2.05, 4.69) is 20.8 Å². The molecule has 3 nitrogen and oxygen atoms in total. The molecule has 0 unspecified atom stereocenters. The first-order chi connectivity index (χ1) is 8.39. The second-order valence-electron chi connectivity index (χ2n) is 5.53. The first-order valence-electron chi connectivity index (χ1n) is 6.10. The first kappa shape index (κ1) is 12.7. The Morgan fingerprint density at radius 3 is 2.28 bits per heavy atom. The lowest BCUT2D eigenvalue weighted by atomic mass is 9.86. The monoisotopic (exact) mass is 246 g/mol. The summed E-state index contributed by atoms with van der Waals surface area (Å²) in [5, 5.41) is 9.80. The normalized spacial score (nSPS) is 16.7. The van der Waals surface area contributed by atoms with Crippen LogP contribution in [0.4, 0.5) is 0 Å². The number of rotatable bonds is 1. The van der Waals surface area contributed by atoms with E-state index in [0.29, 0.717) is 17.6 Å². The minimum Gasteiger partial charge on any atom is -0.511 e. The van der Waals surface area contributed by atoms with Crippen LogP contribution < -0.4 is 0 Å². The van der Waals surface area contributed by atoms with Gasteiger partial charge in [-0.15, -0.1) is 0 Å². The van der Waals surface area contributed by atoms with Crippen LogP contribution >= 0.6 is 0 Å². The Hall–Kier alpha value is -1.77. The molecule has 0 spiro atoms. The van der Waals surface area contributed by atoms with Gasteiger partial charge in [0.1, 0.15) is 11.3 Å². The molecule has 0 saturated carbocycles. The van der Waals surface area contributed by atoms with Gasteiger partial charge in [0.15, 0.2) is 0 Å². The van der Waals surface area contributed by atoms with Crippen LogP contribution in [0.3, 0.4) is 0 Å². The average molecular weight is 246 g/mol. The predicted octanol–water partition coefficient (Wildman–Crippen LogP) is 3.20. The molecule has 0 saturated heterocycles. The molecule has 1 aromatic rings. The van der Waals surface area contributed by atoms with Crippen molar-refractivity contribution in [3.63, 3.8) is 0 Å². The fourth-order valence-corrected chi connectivity index (χ4v) is 1.98. The second-order valence-corrected chi connectivity index (χ2v) is 5.53. The van der Waals surface area contributed by atoms with Gasteiger partial charge in [-0.3, -0.25) is 0 Å². The topological polar surface area (TPSA) is 46.5 Å². The summed E-state index contributed by atoms with van der Waals surface area (Å²) in [6.07, 6.45) is 0.391. The summed E-state index contributed by atoms with van der Waals surface area (Å²) < 4.78 is 4.96. The van der Waals surface area contributed by atoms with E-state index >= 15 is 0 Å².